The summed E-state index contributed by atoms with van der Waals surface area (Å²) >= 11 is 5.90. The van der Waals surface area contributed by atoms with E-state index in [-0.39, 0.29) is 11.4 Å². The maximum absolute atomic E-state index is 12.5. The highest BCUT2D eigenvalue weighted by atomic mass is 35.5. The first kappa shape index (κ1) is 11.9. The third kappa shape index (κ3) is 2.00. The lowest BCUT2D eigenvalue weighted by molar-refractivity contribution is 0.853. The predicted molar refractivity (Wildman–Crippen MR) is 74.7 cm³/mol. The molecule has 0 amide bonds. The molecule has 0 bridgehead atoms. The van der Waals surface area contributed by atoms with Crippen molar-refractivity contribution in [3.05, 3.63) is 64.8 Å². The molecule has 19 heavy (non-hydrogen) atoms. The molecule has 0 spiro atoms. The largest absolute Gasteiger partial charge is 0.268 e. The third-order valence-electron chi connectivity index (χ3n) is 2.84. The molecule has 2 aromatic heterocycles. The van der Waals surface area contributed by atoms with Gasteiger partial charge in [-0.2, -0.15) is 0 Å². The Bertz CT molecular complexity index is 784. The molecule has 0 radical (unpaired) electrons. The monoisotopic (exact) mass is 271 g/mol. The van der Waals surface area contributed by atoms with E-state index in [1.807, 2.05) is 18.2 Å². The lowest BCUT2D eigenvalue weighted by Crippen LogP contribution is -2.24. The number of hydrogen-bond donors (Lipinski definition) is 0. The minimum atomic E-state index is -0.153. The summed E-state index contributed by atoms with van der Waals surface area (Å²) in [5.74, 6) is 1.17. The average molecular weight is 272 g/mol. The van der Waals surface area contributed by atoms with Crippen molar-refractivity contribution in [1.29, 1.82) is 0 Å². The van der Waals surface area contributed by atoms with Gasteiger partial charge in [0.2, 0.25) is 0 Å². The van der Waals surface area contributed by atoms with E-state index in [0.717, 1.165) is 0 Å². The van der Waals surface area contributed by atoms with Gasteiger partial charge in [0, 0.05) is 6.20 Å². The van der Waals surface area contributed by atoms with Crippen molar-refractivity contribution in [2.45, 2.75) is 5.88 Å². The van der Waals surface area contributed by atoms with E-state index in [4.69, 9.17) is 11.6 Å². The molecule has 0 aliphatic rings. The van der Waals surface area contributed by atoms with Crippen molar-refractivity contribution < 1.29 is 0 Å². The molecule has 0 unspecified atom stereocenters. The topological polar surface area (TPSA) is 47.8 Å². The summed E-state index contributed by atoms with van der Waals surface area (Å²) in [6.07, 6.45) is 1.63. The molecule has 0 atom stereocenters. The van der Waals surface area contributed by atoms with Gasteiger partial charge in [0.1, 0.15) is 11.6 Å². The SMILES string of the molecule is O=c1c2ccccc2nc(CCl)n1-c1ccccn1. The van der Waals surface area contributed by atoms with Crippen LogP contribution in [0.5, 0.6) is 0 Å². The van der Waals surface area contributed by atoms with Crippen LogP contribution in [0.3, 0.4) is 0 Å². The molecule has 0 saturated heterocycles. The fourth-order valence-electron chi connectivity index (χ4n) is 1.99. The van der Waals surface area contributed by atoms with Crippen LogP contribution >= 0.6 is 11.6 Å². The maximum atomic E-state index is 12.5. The number of para-hydroxylation sites is 1. The number of nitrogens with zero attached hydrogens (tertiary/aromatic N) is 3. The molecule has 1 aromatic carbocycles. The Kier molecular flexibility index (Phi) is 3.01. The van der Waals surface area contributed by atoms with Crippen molar-refractivity contribution >= 4 is 22.5 Å². The maximum Gasteiger partial charge on any atom is 0.267 e. The number of rotatable bonds is 2. The number of pyridine rings is 1. The Labute approximate surface area is 114 Å². The number of aromatic nitrogens is 3. The summed E-state index contributed by atoms with van der Waals surface area (Å²) < 4.78 is 1.45. The Hall–Kier alpha value is -2.20. The quantitative estimate of drug-likeness (QED) is 0.673. The van der Waals surface area contributed by atoms with Gasteiger partial charge in [-0.1, -0.05) is 18.2 Å². The second kappa shape index (κ2) is 4.82. The fraction of sp³-hybridized carbons (Fsp3) is 0.0714. The van der Waals surface area contributed by atoms with Gasteiger partial charge in [-0.15, -0.1) is 11.6 Å². The molecule has 0 aliphatic carbocycles. The smallest absolute Gasteiger partial charge is 0.267 e. The Balaban J connectivity index is 2.41. The number of benzene rings is 1. The molecule has 5 heteroatoms. The van der Waals surface area contributed by atoms with Crippen LogP contribution in [0.2, 0.25) is 0 Å². The second-order valence-electron chi connectivity index (χ2n) is 4.01. The lowest BCUT2D eigenvalue weighted by atomic mass is 10.2. The van der Waals surface area contributed by atoms with E-state index in [1.54, 1.807) is 30.5 Å². The first-order chi connectivity index (χ1) is 9.31. The number of hydrogen-bond acceptors (Lipinski definition) is 3. The Morgan fingerprint density at radius 3 is 2.63 bits per heavy atom. The van der Waals surface area contributed by atoms with E-state index >= 15 is 0 Å². The molecular formula is C14H10ClN3O. The zero-order valence-corrected chi connectivity index (χ0v) is 10.7. The van der Waals surface area contributed by atoms with Crippen LogP contribution in [0, 0.1) is 0 Å². The van der Waals surface area contributed by atoms with Gasteiger partial charge in [0.25, 0.3) is 5.56 Å². The molecule has 0 saturated carbocycles. The first-order valence-electron chi connectivity index (χ1n) is 5.79. The minimum Gasteiger partial charge on any atom is -0.268 e. The van der Waals surface area contributed by atoms with E-state index in [0.29, 0.717) is 22.5 Å². The summed E-state index contributed by atoms with van der Waals surface area (Å²) in [6.45, 7) is 0. The van der Waals surface area contributed by atoms with Crippen LogP contribution < -0.4 is 5.56 Å². The van der Waals surface area contributed by atoms with Gasteiger partial charge in [-0.05, 0) is 24.3 Å². The van der Waals surface area contributed by atoms with Gasteiger partial charge in [-0.3, -0.25) is 4.79 Å². The van der Waals surface area contributed by atoms with Crippen LogP contribution in [0.25, 0.3) is 16.7 Å². The Morgan fingerprint density at radius 1 is 1.11 bits per heavy atom. The van der Waals surface area contributed by atoms with E-state index in [9.17, 15) is 4.79 Å². The fourth-order valence-corrected chi connectivity index (χ4v) is 2.17. The van der Waals surface area contributed by atoms with Crippen molar-refractivity contribution in [3.63, 3.8) is 0 Å². The number of fused-ring (bicyclic) bond motifs is 1. The molecule has 3 aromatic rings. The summed E-state index contributed by atoms with van der Waals surface area (Å²) in [7, 11) is 0. The standard InChI is InChI=1S/C14H10ClN3O/c15-9-13-17-11-6-2-1-5-10(11)14(19)18(13)12-7-3-4-8-16-12/h1-8H,9H2. The average Bonchev–Trinajstić information content (AvgIpc) is 2.48. The minimum absolute atomic E-state index is 0.149. The molecule has 2 heterocycles. The second-order valence-corrected chi connectivity index (χ2v) is 4.27. The van der Waals surface area contributed by atoms with Gasteiger partial charge in [-0.25, -0.2) is 14.5 Å². The zero-order valence-electron chi connectivity index (χ0n) is 9.95. The summed E-state index contributed by atoms with van der Waals surface area (Å²) in [4.78, 5) is 21.1. The summed E-state index contributed by atoms with van der Waals surface area (Å²) in [5.41, 5.74) is 0.496. The number of halogens is 1. The van der Waals surface area contributed by atoms with Crippen molar-refractivity contribution in [2.75, 3.05) is 0 Å². The summed E-state index contributed by atoms with van der Waals surface area (Å²) in [5, 5.41) is 0.557. The predicted octanol–water partition coefficient (Wildman–Crippen LogP) is 2.52. The van der Waals surface area contributed by atoms with Gasteiger partial charge < -0.3 is 0 Å². The van der Waals surface area contributed by atoms with E-state index in [1.165, 1.54) is 4.57 Å². The highest BCUT2D eigenvalue weighted by Gasteiger charge is 2.11. The van der Waals surface area contributed by atoms with Gasteiger partial charge in [0.15, 0.2) is 0 Å². The molecule has 0 aliphatic heterocycles. The van der Waals surface area contributed by atoms with Crippen molar-refractivity contribution in [2.24, 2.45) is 0 Å². The molecule has 0 N–H and O–H groups in total. The van der Waals surface area contributed by atoms with Gasteiger partial charge >= 0.3 is 0 Å². The number of alkyl halides is 1. The van der Waals surface area contributed by atoms with Crippen LogP contribution in [-0.4, -0.2) is 14.5 Å². The highest BCUT2D eigenvalue weighted by Crippen LogP contribution is 2.12. The lowest BCUT2D eigenvalue weighted by Gasteiger charge is -2.10. The zero-order chi connectivity index (χ0) is 13.2. The molecule has 3 rings (SSSR count). The van der Waals surface area contributed by atoms with Gasteiger partial charge in [0.05, 0.1) is 16.8 Å². The molecule has 0 fully saturated rings. The first-order valence-corrected chi connectivity index (χ1v) is 6.33. The van der Waals surface area contributed by atoms with Crippen molar-refractivity contribution in [3.8, 4) is 5.82 Å². The molecular weight excluding hydrogens is 262 g/mol. The highest BCUT2D eigenvalue weighted by molar-refractivity contribution is 6.16. The summed E-state index contributed by atoms with van der Waals surface area (Å²) in [6, 6.07) is 12.6. The van der Waals surface area contributed by atoms with Crippen LogP contribution in [0.1, 0.15) is 5.82 Å². The Morgan fingerprint density at radius 2 is 1.89 bits per heavy atom. The third-order valence-corrected chi connectivity index (χ3v) is 3.08. The van der Waals surface area contributed by atoms with Crippen LogP contribution in [0.4, 0.5) is 0 Å². The molecule has 4 nitrogen and oxygen atoms in total. The van der Waals surface area contributed by atoms with E-state index in [2.05, 4.69) is 9.97 Å². The van der Waals surface area contributed by atoms with Crippen LogP contribution in [0.15, 0.2) is 53.5 Å². The normalized spacial score (nSPS) is 10.8. The molecule has 94 valence electrons. The van der Waals surface area contributed by atoms with Crippen LogP contribution in [-0.2, 0) is 5.88 Å². The van der Waals surface area contributed by atoms with Crippen molar-refractivity contribution in [1.82, 2.24) is 14.5 Å². The van der Waals surface area contributed by atoms with E-state index < -0.39 is 0 Å².